The molecule has 1 heterocycles. The summed E-state index contributed by atoms with van der Waals surface area (Å²) in [5.74, 6) is 0.439. The number of carbonyl (C=O) groups is 1. The number of para-hydroxylation sites is 1. The smallest absolute Gasteiger partial charge is 0.408 e. The van der Waals surface area contributed by atoms with E-state index in [0.29, 0.717) is 5.75 Å². The Kier molecular flexibility index (Phi) is 2.17. The molecule has 0 radical (unpaired) electrons. The number of H-pyrrole nitrogens is 1. The Morgan fingerprint density at radius 3 is 3.00 bits per heavy atom. The number of fused-ring (bicyclic) bond motifs is 1. The van der Waals surface area contributed by atoms with Crippen LogP contribution < -0.4 is 10.5 Å². The van der Waals surface area contributed by atoms with Crippen LogP contribution in [0.4, 0.5) is 4.79 Å². The third-order valence-electron chi connectivity index (χ3n) is 1.84. The predicted octanol–water partition coefficient (Wildman–Crippen LogP) is 2.39. The normalized spacial score (nSPS) is 10.4. The lowest BCUT2D eigenvalue weighted by atomic mass is 10.2. The van der Waals surface area contributed by atoms with E-state index in [9.17, 15) is 4.79 Å². The number of ether oxygens (including phenoxy) is 1. The highest BCUT2D eigenvalue weighted by Crippen LogP contribution is 2.30. The van der Waals surface area contributed by atoms with E-state index in [4.69, 9.17) is 10.5 Å². The molecule has 0 aliphatic rings. The van der Waals surface area contributed by atoms with Crippen molar-refractivity contribution in [2.75, 3.05) is 0 Å². The third kappa shape index (κ3) is 1.46. The van der Waals surface area contributed by atoms with E-state index < -0.39 is 6.09 Å². The standard InChI is InChI=1S/C9H7BrN2O2/c10-6-3-1-2-5-7(14-9(11)13)4-12-8(5)6/h1-4,12H,(H2,11,13). The molecule has 0 aliphatic carbocycles. The van der Waals surface area contributed by atoms with Gasteiger partial charge in [0.2, 0.25) is 0 Å². The third-order valence-corrected chi connectivity index (χ3v) is 2.50. The summed E-state index contributed by atoms with van der Waals surface area (Å²) >= 11 is 3.37. The second kappa shape index (κ2) is 3.34. The Labute approximate surface area is 88.2 Å². The van der Waals surface area contributed by atoms with Crippen LogP contribution in [0.3, 0.4) is 0 Å². The number of carbonyl (C=O) groups excluding carboxylic acids is 1. The van der Waals surface area contributed by atoms with Gasteiger partial charge in [0.25, 0.3) is 0 Å². The zero-order valence-corrected chi connectivity index (χ0v) is 8.67. The van der Waals surface area contributed by atoms with Crippen molar-refractivity contribution in [3.8, 4) is 5.75 Å². The first-order chi connectivity index (χ1) is 6.68. The number of hydrogen-bond acceptors (Lipinski definition) is 2. The first-order valence-electron chi connectivity index (χ1n) is 3.91. The van der Waals surface area contributed by atoms with Crippen molar-refractivity contribution in [3.05, 3.63) is 28.9 Å². The summed E-state index contributed by atoms with van der Waals surface area (Å²) in [6, 6.07) is 5.59. The van der Waals surface area contributed by atoms with Crippen LogP contribution in [0.25, 0.3) is 10.9 Å². The van der Waals surface area contributed by atoms with Crippen molar-refractivity contribution >= 4 is 32.9 Å². The Morgan fingerprint density at radius 2 is 2.29 bits per heavy atom. The van der Waals surface area contributed by atoms with Gasteiger partial charge in [-0.05, 0) is 28.1 Å². The molecule has 1 aromatic heterocycles. The SMILES string of the molecule is NC(=O)Oc1c[nH]c2c(Br)cccc12. The fourth-order valence-corrected chi connectivity index (χ4v) is 1.77. The molecule has 72 valence electrons. The molecule has 1 aromatic carbocycles. The topological polar surface area (TPSA) is 68.1 Å². The lowest BCUT2D eigenvalue weighted by Crippen LogP contribution is -2.15. The van der Waals surface area contributed by atoms with Gasteiger partial charge in [-0.15, -0.1) is 0 Å². The van der Waals surface area contributed by atoms with Crippen molar-refractivity contribution in [2.24, 2.45) is 5.73 Å². The average Bonchev–Trinajstić information content (AvgIpc) is 2.49. The van der Waals surface area contributed by atoms with E-state index in [0.717, 1.165) is 15.4 Å². The molecule has 1 amide bonds. The van der Waals surface area contributed by atoms with E-state index in [-0.39, 0.29) is 0 Å². The molecule has 0 saturated carbocycles. The van der Waals surface area contributed by atoms with Gasteiger partial charge in [0.15, 0.2) is 5.75 Å². The van der Waals surface area contributed by atoms with Gasteiger partial charge in [-0.2, -0.15) is 0 Å². The lowest BCUT2D eigenvalue weighted by molar-refractivity contribution is 0.211. The first kappa shape index (κ1) is 9.08. The minimum atomic E-state index is -0.814. The van der Waals surface area contributed by atoms with Crippen LogP contribution in [0.15, 0.2) is 28.9 Å². The Morgan fingerprint density at radius 1 is 1.50 bits per heavy atom. The summed E-state index contributed by atoms with van der Waals surface area (Å²) in [5, 5.41) is 0.818. The largest absolute Gasteiger partial charge is 0.410 e. The zero-order chi connectivity index (χ0) is 10.1. The summed E-state index contributed by atoms with van der Waals surface area (Å²) in [6.45, 7) is 0. The molecule has 14 heavy (non-hydrogen) atoms. The zero-order valence-electron chi connectivity index (χ0n) is 7.08. The molecule has 2 aromatic rings. The average molecular weight is 255 g/mol. The lowest BCUT2D eigenvalue weighted by Gasteiger charge is -1.97. The highest BCUT2D eigenvalue weighted by Gasteiger charge is 2.08. The molecular formula is C9H7BrN2O2. The first-order valence-corrected chi connectivity index (χ1v) is 4.70. The molecule has 0 aliphatic heterocycles. The molecule has 0 bridgehead atoms. The molecular weight excluding hydrogens is 248 g/mol. The molecule has 2 rings (SSSR count). The highest BCUT2D eigenvalue weighted by atomic mass is 79.9. The van der Waals surface area contributed by atoms with Crippen molar-refractivity contribution in [1.29, 1.82) is 0 Å². The maximum absolute atomic E-state index is 10.6. The van der Waals surface area contributed by atoms with Gasteiger partial charge in [0.05, 0.1) is 5.52 Å². The monoisotopic (exact) mass is 254 g/mol. The molecule has 0 fully saturated rings. The van der Waals surface area contributed by atoms with Crippen LogP contribution in [-0.2, 0) is 0 Å². The van der Waals surface area contributed by atoms with Crippen LogP contribution in [0, 0.1) is 0 Å². The highest BCUT2D eigenvalue weighted by molar-refractivity contribution is 9.10. The van der Waals surface area contributed by atoms with E-state index in [2.05, 4.69) is 20.9 Å². The van der Waals surface area contributed by atoms with Crippen LogP contribution in [0.2, 0.25) is 0 Å². The van der Waals surface area contributed by atoms with Crippen molar-refractivity contribution in [1.82, 2.24) is 4.98 Å². The van der Waals surface area contributed by atoms with Gasteiger partial charge >= 0.3 is 6.09 Å². The number of hydrogen-bond donors (Lipinski definition) is 2. The molecule has 0 saturated heterocycles. The molecule has 5 heteroatoms. The van der Waals surface area contributed by atoms with E-state index in [1.807, 2.05) is 18.2 Å². The van der Waals surface area contributed by atoms with Crippen molar-refractivity contribution in [2.45, 2.75) is 0 Å². The fraction of sp³-hybridized carbons (Fsp3) is 0. The van der Waals surface area contributed by atoms with E-state index in [1.165, 1.54) is 0 Å². The van der Waals surface area contributed by atoms with Gasteiger partial charge < -0.3 is 15.5 Å². The Bertz CT molecular complexity index is 493. The molecule has 4 nitrogen and oxygen atoms in total. The van der Waals surface area contributed by atoms with Gasteiger partial charge in [0.1, 0.15) is 0 Å². The van der Waals surface area contributed by atoms with Crippen LogP contribution >= 0.6 is 15.9 Å². The quantitative estimate of drug-likeness (QED) is 0.821. The van der Waals surface area contributed by atoms with Crippen LogP contribution in [0.5, 0.6) is 5.75 Å². The van der Waals surface area contributed by atoms with Gasteiger partial charge in [-0.1, -0.05) is 6.07 Å². The van der Waals surface area contributed by atoms with E-state index in [1.54, 1.807) is 6.20 Å². The van der Waals surface area contributed by atoms with Crippen LogP contribution in [-0.4, -0.2) is 11.1 Å². The molecule has 3 N–H and O–H groups in total. The summed E-state index contributed by atoms with van der Waals surface area (Å²) < 4.78 is 5.72. The van der Waals surface area contributed by atoms with Crippen LogP contribution in [0.1, 0.15) is 0 Å². The maximum atomic E-state index is 10.6. The number of nitrogens with two attached hydrogens (primary N) is 1. The summed E-state index contributed by atoms with van der Waals surface area (Å²) in [6.07, 6.45) is 0.783. The predicted molar refractivity (Wildman–Crippen MR) is 56.2 cm³/mol. The molecule has 0 unspecified atom stereocenters. The summed E-state index contributed by atoms with van der Waals surface area (Å²) in [7, 11) is 0. The minimum Gasteiger partial charge on any atom is -0.408 e. The second-order valence-corrected chi connectivity index (χ2v) is 3.59. The number of rotatable bonds is 1. The number of halogens is 1. The Hall–Kier alpha value is -1.49. The number of aromatic nitrogens is 1. The number of nitrogens with one attached hydrogen (secondary N) is 1. The fourth-order valence-electron chi connectivity index (χ4n) is 1.28. The van der Waals surface area contributed by atoms with Crippen molar-refractivity contribution in [3.63, 3.8) is 0 Å². The van der Waals surface area contributed by atoms with Gasteiger partial charge in [0, 0.05) is 16.1 Å². The van der Waals surface area contributed by atoms with Crippen molar-refractivity contribution < 1.29 is 9.53 Å². The number of aromatic amines is 1. The van der Waals surface area contributed by atoms with Gasteiger partial charge in [-0.3, -0.25) is 0 Å². The summed E-state index contributed by atoms with van der Waals surface area (Å²) in [5.41, 5.74) is 5.80. The number of amides is 1. The summed E-state index contributed by atoms with van der Waals surface area (Å²) in [4.78, 5) is 13.6. The molecule has 0 spiro atoms. The van der Waals surface area contributed by atoms with Gasteiger partial charge in [-0.25, -0.2) is 4.79 Å². The number of benzene rings is 1. The Balaban J connectivity index is 2.58. The minimum absolute atomic E-state index is 0.439. The number of primary amides is 1. The van der Waals surface area contributed by atoms with E-state index >= 15 is 0 Å². The molecule has 0 atom stereocenters. The second-order valence-electron chi connectivity index (χ2n) is 2.74. The maximum Gasteiger partial charge on any atom is 0.410 e.